The number of amides is 1. The minimum Gasteiger partial charge on any atom is -0.369 e. The molecule has 1 amide bonds. The highest BCUT2D eigenvalue weighted by molar-refractivity contribution is 5.93. The molecule has 0 spiro atoms. The molecule has 1 unspecified atom stereocenters. The molecular formula is C16H18N4O2. The summed E-state index contributed by atoms with van der Waals surface area (Å²) in [5.74, 6) is -0.0604. The van der Waals surface area contributed by atoms with Gasteiger partial charge in [-0.05, 0) is 18.6 Å². The van der Waals surface area contributed by atoms with Crippen LogP contribution in [0.2, 0.25) is 0 Å². The molecule has 2 heterocycles. The Kier molecular flexibility index (Phi) is 3.91. The molecule has 1 aromatic carbocycles. The molecular weight excluding hydrogens is 280 g/mol. The third kappa shape index (κ3) is 3.00. The highest BCUT2D eigenvalue weighted by Crippen LogP contribution is 2.23. The monoisotopic (exact) mass is 298 g/mol. The lowest BCUT2D eigenvalue weighted by Gasteiger charge is -2.18. The van der Waals surface area contributed by atoms with Gasteiger partial charge in [0.25, 0.3) is 5.56 Å². The van der Waals surface area contributed by atoms with Gasteiger partial charge in [0.2, 0.25) is 5.91 Å². The van der Waals surface area contributed by atoms with Gasteiger partial charge < -0.3 is 10.2 Å². The van der Waals surface area contributed by atoms with E-state index >= 15 is 0 Å². The fourth-order valence-corrected chi connectivity index (χ4v) is 2.61. The number of nitrogens with zero attached hydrogens (tertiary/aromatic N) is 3. The highest BCUT2D eigenvalue weighted by Gasteiger charge is 2.28. The van der Waals surface area contributed by atoms with Crippen molar-refractivity contribution in [3.63, 3.8) is 0 Å². The summed E-state index contributed by atoms with van der Waals surface area (Å²) >= 11 is 0. The lowest BCUT2D eigenvalue weighted by atomic mass is 10.1. The number of anilines is 2. The number of benzene rings is 1. The molecule has 1 fully saturated rings. The van der Waals surface area contributed by atoms with Gasteiger partial charge >= 0.3 is 0 Å². The fraction of sp³-hybridized carbons (Fsp3) is 0.312. The van der Waals surface area contributed by atoms with Crippen molar-refractivity contribution < 1.29 is 4.79 Å². The van der Waals surface area contributed by atoms with E-state index in [-0.39, 0.29) is 17.4 Å². The molecule has 114 valence electrons. The summed E-state index contributed by atoms with van der Waals surface area (Å²) in [5, 5.41) is 6.95. The topological polar surface area (TPSA) is 67.2 Å². The molecule has 6 heteroatoms. The smallest absolute Gasteiger partial charge is 0.268 e. The van der Waals surface area contributed by atoms with E-state index in [1.807, 2.05) is 35.2 Å². The van der Waals surface area contributed by atoms with Crippen LogP contribution >= 0.6 is 0 Å². The van der Waals surface area contributed by atoms with Crippen LogP contribution in [0, 0.1) is 5.92 Å². The van der Waals surface area contributed by atoms with Gasteiger partial charge in [-0.25, -0.2) is 4.68 Å². The zero-order chi connectivity index (χ0) is 15.5. The Morgan fingerprint density at radius 1 is 1.32 bits per heavy atom. The molecule has 1 aliphatic heterocycles. The second-order valence-corrected chi connectivity index (χ2v) is 5.46. The summed E-state index contributed by atoms with van der Waals surface area (Å²) in [6.45, 7) is 1.36. The standard InChI is InChI=1S/C16H18N4O2/c1-19-15(21)9-14(10-17-19)20-8-7-12(11-20)16(22)18-13-5-3-2-4-6-13/h2-6,9-10,12H,7-8,11H2,1H3,(H,18,22). The summed E-state index contributed by atoms with van der Waals surface area (Å²) in [6, 6.07) is 11.0. The fourth-order valence-electron chi connectivity index (χ4n) is 2.61. The van der Waals surface area contributed by atoms with Crippen LogP contribution in [0.5, 0.6) is 0 Å². The van der Waals surface area contributed by atoms with E-state index in [9.17, 15) is 9.59 Å². The summed E-state index contributed by atoms with van der Waals surface area (Å²) in [5.41, 5.74) is 1.44. The highest BCUT2D eigenvalue weighted by atomic mass is 16.2. The van der Waals surface area contributed by atoms with E-state index in [4.69, 9.17) is 0 Å². The number of rotatable bonds is 3. The molecule has 0 bridgehead atoms. The van der Waals surface area contributed by atoms with E-state index in [0.717, 1.165) is 24.3 Å². The molecule has 0 radical (unpaired) electrons. The van der Waals surface area contributed by atoms with Gasteiger partial charge in [-0.1, -0.05) is 18.2 Å². The van der Waals surface area contributed by atoms with Crippen molar-refractivity contribution in [2.45, 2.75) is 6.42 Å². The first-order chi connectivity index (χ1) is 10.6. The normalized spacial score (nSPS) is 17.5. The maximum atomic E-state index is 12.3. The predicted molar refractivity (Wildman–Crippen MR) is 84.9 cm³/mol. The summed E-state index contributed by atoms with van der Waals surface area (Å²) in [7, 11) is 1.62. The predicted octanol–water partition coefficient (Wildman–Crippen LogP) is 1.25. The summed E-state index contributed by atoms with van der Waals surface area (Å²) in [4.78, 5) is 26.0. The Bertz CT molecular complexity index is 726. The van der Waals surface area contributed by atoms with Crippen LogP contribution in [0.15, 0.2) is 47.4 Å². The third-order valence-corrected chi connectivity index (χ3v) is 3.92. The second kappa shape index (κ2) is 6.01. The van der Waals surface area contributed by atoms with Crippen molar-refractivity contribution in [2.24, 2.45) is 13.0 Å². The van der Waals surface area contributed by atoms with Gasteiger partial charge in [0, 0.05) is 31.9 Å². The first-order valence-electron chi connectivity index (χ1n) is 7.28. The lowest BCUT2D eigenvalue weighted by molar-refractivity contribution is -0.119. The number of para-hydroxylation sites is 1. The number of carbonyl (C=O) groups is 1. The van der Waals surface area contributed by atoms with Crippen molar-refractivity contribution in [3.8, 4) is 0 Å². The van der Waals surface area contributed by atoms with Crippen molar-refractivity contribution in [1.29, 1.82) is 0 Å². The zero-order valence-corrected chi connectivity index (χ0v) is 12.4. The quantitative estimate of drug-likeness (QED) is 0.926. The van der Waals surface area contributed by atoms with E-state index in [2.05, 4.69) is 10.4 Å². The summed E-state index contributed by atoms with van der Waals surface area (Å²) in [6.07, 6.45) is 2.44. The van der Waals surface area contributed by atoms with Crippen molar-refractivity contribution in [1.82, 2.24) is 9.78 Å². The third-order valence-electron chi connectivity index (χ3n) is 3.92. The van der Waals surface area contributed by atoms with Gasteiger partial charge in [0.1, 0.15) is 0 Å². The molecule has 6 nitrogen and oxygen atoms in total. The van der Waals surface area contributed by atoms with Crippen molar-refractivity contribution >= 4 is 17.3 Å². The number of hydrogen-bond acceptors (Lipinski definition) is 4. The lowest BCUT2D eigenvalue weighted by Crippen LogP contribution is -2.28. The Labute approximate surface area is 128 Å². The molecule has 3 rings (SSSR count). The van der Waals surface area contributed by atoms with Crippen LogP contribution in [-0.4, -0.2) is 28.8 Å². The molecule has 22 heavy (non-hydrogen) atoms. The first kappa shape index (κ1) is 14.3. The molecule has 2 aromatic rings. The van der Waals surface area contributed by atoms with Gasteiger partial charge in [-0.15, -0.1) is 0 Å². The Balaban J connectivity index is 1.65. The zero-order valence-electron chi connectivity index (χ0n) is 12.4. The molecule has 1 aromatic heterocycles. The second-order valence-electron chi connectivity index (χ2n) is 5.46. The summed E-state index contributed by atoms with van der Waals surface area (Å²) < 4.78 is 1.29. The largest absolute Gasteiger partial charge is 0.369 e. The van der Waals surface area contributed by atoms with Crippen LogP contribution in [0.3, 0.4) is 0 Å². The van der Waals surface area contributed by atoms with Crippen molar-refractivity contribution in [3.05, 3.63) is 52.9 Å². The Morgan fingerprint density at radius 2 is 2.09 bits per heavy atom. The minimum atomic E-state index is -0.144. The van der Waals surface area contributed by atoms with E-state index < -0.39 is 0 Å². The van der Waals surface area contributed by atoms with Crippen LogP contribution in [0.4, 0.5) is 11.4 Å². The van der Waals surface area contributed by atoms with Gasteiger partial charge in [0.15, 0.2) is 0 Å². The van der Waals surface area contributed by atoms with Crippen LogP contribution in [-0.2, 0) is 11.8 Å². The number of aryl methyl sites for hydroxylation is 1. The molecule has 1 atom stereocenters. The minimum absolute atomic E-state index is 0.0190. The van der Waals surface area contributed by atoms with E-state index in [1.165, 1.54) is 4.68 Å². The number of carbonyl (C=O) groups excluding carboxylic acids is 1. The maximum absolute atomic E-state index is 12.3. The Hall–Kier alpha value is -2.63. The number of nitrogens with one attached hydrogen (secondary N) is 1. The average molecular weight is 298 g/mol. The van der Waals surface area contributed by atoms with Gasteiger partial charge in [0.05, 0.1) is 17.8 Å². The van der Waals surface area contributed by atoms with E-state index in [1.54, 1.807) is 19.3 Å². The molecule has 0 aliphatic carbocycles. The number of hydrogen-bond donors (Lipinski definition) is 1. The maximum Gasteiger partial charge on any atom is 0.268 e. The number of aromatic nitrogens is 2. The van der Waals surface area contributed by atoms with Crippen LogP contribution in [0.1, 0.15) is 6.42 Å². The van der Waals surface area contributed by atoms with Gasteiger partial charge in [-0.3, -0.25) is 9.59 Å². The van der Waals surface area contributed by atoms with Crippen LogP contribution in [0.25, 0.3) is 0 Å². The average Bonchev–Trinajstić information content (AvgIpc) is 3.01. The molecule has 1 N–H and O–H groups in total. The molecule has 0 saturated carbocycles. The molecule has 1 aliphatic rings. The van der Waals surface area contributed by atoms with E-state index in [0.29, 0.717) is 6.54 Å². The molecule has 1 saturated heterocycles. The van der Waals surface area contributed by atoms with Gasteiger partial charge in [-0.2, -0.15) is 5.10 Å². The SMILES string of the molecule is Cn1ncc(N2CCC(C(=O)Nc3ccccc3)C2)cc1=O. The van der Waals surface area contributed by atoms with Crippen LogP contribution < -0.4 is 15.8 Å². The van der Waals surface area contributed by atoms with Crippen molar-refractivity contribution in [2.75, 3.05) is 23.3 Å². The first-order valence-corrected chi connectivity index (χ1v) is 7.28. The Morgan fingerprint density at radius 3 is 2.82 bits per heavy atom.